The number of hydrogen-bond acceptors (Lipinski definition) is 3. The fourth-order valence-corrected chi connectivity index (χ4v) is 3.25. The van der Waals surface area contributed by atoms with Crippen LogP contribution in [0.3, 0.4) is 0 Å². The lowest BCUT2D eigenvalue weighted by Crippen LogP contribution is -2.15. The van der Waals surface area contributed by atoms with E-state index in [1.807, 2.05) is 0 Å². The van der Waals surface area contributed by atoms with Gasteiger partial charge in [0.1, 0.15) is 0 Å². The molecule has 0 saturated heterocycles. The van der Waals surface area contributed by atoms with Gasteiger partial charge in [0.15, 0.2) is 9.84 Å². The molecule has 0 unspecified atom stereocenters. The van der Waals surface area contributed by atoms with E-state index in [0.29, 0.717) is 21.3 Å². The highest BCUT2D eigenvalue weighted by Crippen LogP contribution is 2.26. The summed E-state index contributed by atoms with van der Waals surface area (Å²) in [5.74, 6) is -0.400. The van der Waals surface area contributed by atoms with Crippen LogP contribution in [0, 0.1) is 0 Å². The zero-order valence-corrected chi connectivity index (χ0v) is 14.8. The Hall–Kier alpha value is -1.56. The third-order valence-electron chi connectivity index (χ3n) is 3.24. The van der Waals surface area contributed by atoms with E-state index in [2.05, 4.69) is 5.32 Å². The van der Waals surface area contributed by atoms with Crippen molar-refractivity contribution < 1.29 is 13.2 Å². The van der Waals surface area contributed by atoms with Crippen molar-refractivity contribution in [1.82, 2.24) is 0 Å². The van der Waals surface area contributed by atoms with Gasteiger partial charge in [0, 0.05) is 10.6 Å². The molecule has 0 heterocycles. The Balaban J connectivity index is 2.23. The van der Waals surface area contributed by atoms with Gasteiger partial charge in [0.05, 0.1) is 20.9 Å². The predicted molar refractivity (Wildman–Crippen MR) is 93.2 cm³/mol. The largest absolute Gasteiger partial charge is 0.321 e. The summed E-state index contributed by atoms with van der Waals surface area (Å²) < 4.78 is 24.1. The van der Waals surface area contributed by atoms with E-state index in [4.69, 9.17) is 23.2 Å². The van der Waals surface area contributed by atoms with Crippen molar-refractivity contribution in [2.75, 3.05) is 5.32 Å². The Labute approximate surface area is 145 Å². The topological polar surface area (TPSA) is 63.2 Å². The third-order valence-corrected chi connectivity index (χ3v) is 5.98. The van der Waals surface area contributed by atoms with E-state index < -0.39 is 21.0 Å². The maximum absolute atomic E-state index is 12.2. The Morgan fingerprint density at radius 3 is 2.22 bits per heavy atom. The van der Waals surface area contributed by atoms with Crippen LogP contribution in [0.1, 0.15) is 24.2 Å². The highest BCUT2D eigenvalue weighted by Gasteiger charge is 2.19. The molecule has 0 bridgehead atoms. The molecule has 0 aliphatic rings. The van der Waals surface area contributed by atoms with Crippen LogP contribution in [-0.4, -0.2) is 19.6 Å². The molecule has 0 aliphatic heterocycles. The normalized spacial score (nSPS) is 11.5. The quantitative estimate of drug-likeness (QED) is 0.864. The van der Waals surface area contributed by atoms with E-state index in [1.54, 1.807) is 32.0 Å². The highest BCUT2D eigenvalue weighted by atomic mass is 35.5. The summed E-state index contributed by atoms with van der Waals surface area (Å²) >= 11 is 11.9. The molecule has 4 nitrogen and oxygen atoms in total. The van der Waals surface area contributed by atoms with Crippen molar-refractivity contribution >= 4 is 44.6 Å². The summed E-state index contributed by atoms with van der Waals surface area (Å²) in [7, 11) is -3.36. The van der Waals surface area contributed by atoms with Crippen LogP contribution in [0.15, 0.2) is 47.4 Å². The summed E-state index contributed by atoms with van der Waals surface area (Å²) in [5, 5.41) is 2.93. The van der Waals surface area contributed by atoms with Gasteiger partial charge < -0.3 is 5.32 Å². The molecule has 1 amide bonds. The van der Waals surface area contributed by atoms with Gasteiger partial charge in [0.25, 0.3) is 5.91 Å². The fourth-order valence-electron chi connectivity index (χ4n) is 1.86. The summed E-state index contributed by atoms with van der Waals surface area (Å²) in [6, 6.07) is 10.5. The lowest BCUT2D eigenvalue weighted by atomic mass is 10.2. The third kappa shape index (κ3) is 4.05. The second-order valence-electron chi connectivity index (χ2n) is 5.20. The molecular formula is C16H15Cl2NO3S. The number of carbonyl (C=O) groups excluding carboxylic acids is 1. The van der Waals surface area contributed by atoms with E-state index in [9.17, 15) is 13.2 Å². The van der Waals surface area contributed by atoms with E-state index in [0.717, 1.165) is 0 Å². The maximum atomic E-state index is 12.2. The minimum atomic E-state index is -3.36. The van der Waals surface area contributed by atoms with Crippen LogP contribution in [0.5, 0.6) is 0 Å². The standard InChI is InChI=1S/C16H15Cl2NO3S/c1-10(2)23(21,22)13-6-3-11(4-7-13)16(20)19-15-9-12(17)5-8-14(15)18/h3-10H,1-2H3,(H,19,20). The number of hydrogen-bond donors (Lipinski definition) is 1. The van der Waals surface area contributed by atoms with Crippen molar-refractivity contribution in [1.29, 1.82) is 0 Å². The number of amides is 1. The number of nitrogens with one attached hydrogen (secondary N) is 1. The number of rotatable bonds is 4. The molecule has 0 aromatic heterocycles. The van der Waals surface area contributed by atoms with Crippen LogP contribution < -0.4 is 5.32 Å². The lowest BCUT2D eigenvalue weighted by Gasteiger charge is -2.10. The van der Waals surface area contributed by atoms with Crippen molar-refractivity contribution in [2.45, 2.75) is 24.0 Å². The molecule has 0 atom stereocenters. The van der Waals surface area contributed by atoms with Crippen LogP contribution in [0.4, 0.5) is 5.69 Å². The Morgan fingerprint density at radius 1 is 1.04 bits per heavy atom. The zero-order chi connectivity index (χ0) is 17.2. The highest BCUT2D eigenvalue weighted by molar-refractivity contribution is 7.92. The molecule has 122 valence electrons. The molecule has 23 heavy (non-hydrogen) atoms. The Bertz CT molecular complexity index is 831. The number of carbonyl (C=O) groups is 1. The van der Waals surface area contributed by atoms with Gasteiger partial charge in [-0.05, 0) is 56.3 Å². The second kappa shape index (κ2) is 6.91. The lowest BCUT2D eigenvalue weighted by molar-refractivity contribution is 0.102. The van der Waals surface area contributed by atoms with Gasteiger partial charge >= 0.3 is 0 Å². The van der Waals surface area contributed by atoms with Crippen molar-refractivity contribution in [3.05, 3.63) is 58.1 Å². The first-order valence-electron chi connectivity index (χ1n) is 6.82. The van der Waals surface area contributed by atoms with Crippen molar-refractivity contribution in [3.63, 3.8) is 0 Å². The first-order chi connectivity index (χ1) is 10.7. The van der Waals surface area contributed by atoms with Gasteiger partial charge in [-0.2, -0.15) is 0 Å². The van der Waals surface area contributed by atoms with E-state index in [-0.39, 0.29) is 4.90 Å². The summed E-state index contributed by atoms with van der Waals surface area (Å²) in [4.78, 5) is 12.4. The van der Waals surface area contributed by atoms with Crippen molar-refractivity contribution in [3.8, 4) is 0 Å². The van der Waals surface area contributed by atoms with Crippen LogP contribution in [-0.2, 0) is 9.84 Å². The Morgan fingerprint density at radius 2 is 1.65 bits per heavy atom. The molecule has 0 radical (unpaired) electrons. The minimum Gasteiger partial charge on any atom is -0.321 e. The van der Waals surface area contributed by atoms with Gasteiger partial charge in [0.2, 0.25) is 0 Å². The SMILES string of the molecule is CC(C)S(=O)(=O)c1ccc(C(=O)Nc2cc(Cl)ccc2Cl)cc1. The van der Waals surface area contributed by atoms with Gasteiger partial charge in [-0.1, -0.05) is 23.2 Å². The summed E-state index contributed by atoms with van der Waals surface area (Å²) in [6.45, 7) is 3.22. The molecule has 0 aliphatic carbocycles. The number of sulfone groups is 1. The second-order valence-corrected chi connectivity index (χ2v) is 8.54. The first kappa shape index (κ1) is 17.8. The van der Waals surface area contributed by atoms with Gasteiger partial charge in [-0.25, -0.2) is 8.42 Å². The molecule has 7 heteroatoms. The van der Waals surface area contributed by atoms with Crippen LogP contribution >= 0.6 is 23.2 Å². The van der Waals surface area contributed by atoms with Gasteiger partial charge in [-0.15, -0.1) is 0 Å². The first-order valence-corrected chi connectivity index (χ1v) is 9.12. The van der Waals surface area contributed by atoms with Crippen LogP contribution in [0.2, 0.25) is 10.0 Å². The molecule has 2 aromatic carbocycles. The average molecular weight is 372 g/mol. The average Bonchev–Trinajstić information content (AvgIpc) is 2.50. The summed E-state index contributed by atoms with van der Waals surface area (Å²) in [6.07, 6.45) is 0. The zero-order valence-electron chi connectivity index (χ0n) is 12.5. The molecule has 2 rings (SSSR count). The number of anilines is 1. The number of benzene rings is 2. The molecule has 0 spiro atoms. The monoisotopic (exact) mass is 371 g/mol. The Kier molecular flexibility index (Phi) is 5.34. The van der Waals surface area contributed by atoms with E-state index >= 15 is 0 Å². The van der Waals surface area contributed by atoms with Crippen molar-refractivity contribution in [2.24, 2.45) is 0 Å². The smallest absolute Gasteiger partial charge is 0.255 e. The van der Waals surface area contributed by atoms with Gasteiger partial charge in [-0.3, -0.25) is 4.79 Å². The molecule has 0 fully saturated rings. The molecule has 0 saturated carbocycles. The fraction of sp³-hybridized carbons (Fsp3) is 0.188. The summed E-state index contributed by atoms with van der Waals surface area (Å²) in [5.41, 5.74) is 0.715. The molecule has 1 N–H and O–H groups in total. The predicted octanol–water partition coefficient (Wildman–Crippen LogP) is 4.43. The van der Waals surface area contributed by atoms with E-state index in [1.165, 1.54) is 24.3 Å². The maximum Gasteiger partial charge on any atom is 0.255 e. The molecule has 2 aromatic rings. The molecular weight excluding hydrogens is 357 g/mol. The number of halogens is 2. The minimum absolute atomic E-state index is 0.185. The van der Waals surface area contributed by atoms with Crippen LogP contribution in [0.25, 0.3) is 0 Å².